The van der Waals surface area contributed by atoms with Crippen molar-refractivity contribution >= 4 is 10.0 Å². The maximum Gasteiger partial charge on any atom is 0.240 e. The van der Waals surface area contributed by atoms with Gasteiger partial charge in [-0.05, 0) is 63.6 Å². The van der Waals surface area contributed by atoms with Gasteiger partial charge in [0, 0.05) is 18.0 Å². The first kappa shape index (κ1) is 20.3. The molecule has 2 aliphatic carbocycles. The van der Waals surface area contributed by atoms with Gasteiger partial charge in [0.25, 0.3) is 0 Å². The SMILES string of the molecule is Cc1nncn1C1CCCC(NS(=O)(=O)c2ccc(-c3noc(C4CC4)n3)c(F)c2)C1. The summed E-state index contributed by atoms with van der Waals surface area (Å²) in [5, 5.41) is 11.8. The van der Waals surface area contributed by atoms with E-state index in [-0.39, 0.29) is 34.3 Å². The van der Waals surface area contributed by atoms with Crippen LogP contribution in [0.15, 0.2) is 33.9 Å². The molecule has 2 unspecified atom stereocenters. The zero-order valence-electron chi connectivity index (χ0n) is 17.0. The Morgan fingerprint density at radius 1 is 1.23 bits per heavy atom. The van der Waals surface area contributed by atoms with E-state index in [1.165, 1.54) is 12.1 Å². The minimum atomic E-state index is -3.88. The van der Waals surface area contributed by atoms with Crippen LogP contribution in [0.3, 0.4) is 0 Å². The van der Waals surface area contributed by atoms with Crippen molar-refractivity contribution in [2.75, 3.05) is 0 Å². The van der Waals surface area contributed by atoms with Crippen LogP contribution in [-0.4, -0.2) is 39.4 Å². The van der Waals surface area contributed by atoms with E-state index in [0.29, 0.717) is 12.3 Å². The second-order valence-corrected chi connectivity index (χ2v) is 10.0. The Bertz CT molecular complexity index is 1200. The summed E-state index contributed by atoms with van der Waals surface area (Å²) in [7, 11) is -3.88. The van der Waals surface area contributed by atoms with Crippen LogP contribution < -0.4 is 4.72 Å². The van der Waals surface area contributed by atoms with Gasteiger partial charge >= 0.3 is 0 Å². The molecule has 0 spiro atoms. The molecule has 5 rings (SSSR count). The summed E-state index contributed by atoms with van der Waals surface area (Å²) in [4.78, 5) is 4.11. The fraction of sp³-hybridized carbons (Fsp3) is 0.500. The van der Waals surface area contributed by atoms with Crippen LogP contribution in [0.25, 0.3) is 11.4 Å². The summed E-state index contributed by atoms with van der Waals surface area (Å²) < 4.78 is 50.4. The summed E-state index contributed by atoms with van der Waals surface area (Å²) in [5.41, 5.74) is 0.121. The molecule has 1 N–H and O–H groups in total. The van der Waals surface area contributed by atoms with E-state index in [1.807, 2.05) is 11.5 Å². The number of aromatic nitrogens is 5. The molecular formula is C20H23FN6O3S. The second kappa shape index (κ2) is 7.79. The Hall–Kier alpha value is -2.66. The van der Waals surface area contributed by atoms with E-state index >= 15 is 0 Å². The minimum absolute atomic E-state index is 0.121. The number of sulfonamides is 1. The fourth-order valence-electron chi connectivity index (χ4n) is 4.15. The van der Waals surface area contributed by atoms with Crippen LogP contribution in [0, 0.1) is 12.7 Å². The topological polar surface area (TPSA) is 116 Å². The number of rotatable bonds is 6. The number of nitrogens with one attached hydrogen (secondary N) is 1. The third-order valence-electron chi connectivity index (χ3n) is 5.97. The Labute approximate surface area is 179 Å². The van der Waals surface area contributed by atoms with Crippen molar-refractivity contribution < 1.29 is 17.3 Å². The molecule has 2 saturated carbocycles. The number of nitrogens with zero attached hydrogens (tertiary/aromatic N) is 5. The molecule has 2 aliphatic rings. The van der Waals surface area contributed by atoms with E-state index in [0.717, 1.165) is 44.0 Å². The van der Waals surface area contributed by atoms with Gasteiger partial charge in [-0.2, -0.15) is 4.98 Å². The van der Waals surface area contributed by atoms with Crippen molar-refractivity contribution in [3.05, 3.63) is 42.1 Å². The van der Waals surface area contributed by atoms with Gasteiger partial charge < -0.3 is 9.09 Å². The monoisotopic (exact) mass is 446 g/mol. The van der Waals surface area contributed by atoms with Crippen molar-refractivity contribution in [3.8, 4) is 11.4 Å². The van der Waals surface area contributed by atoms with Crippen LogP contribution in [0.2, 0.25) is 0 Å². The molecule has 0 bridgehead atoms. The highest BCUT2D eigenvalue weighted by Gasteiger charge is 2.31. The van der Waals surface area contributed by atoms with E-state index in [2.05, 4.69) is 25.1 Å². The van der Waals surface area contributed by atoms with Gasteiger partial charge in [-0.1, -0.05) is 5.16 Å². The van der Waals surface area contributed by atoms with Crippen LogP contribution in [0.4, 0.5) is 4.39 Å². The van der Waals surface area contributed by atoms with E-state index in [9.17, 15) is 12.8 Å². The molecule has 0 aliphatic heterocycles. The molecule has 9 nitrogen and oxygen atoms in total. The summed E-state index contributed by atoms with van der Waals surface area (Å²) in [6, 6.07) is 3.66. The number of benzene rings is 1. The number of halogens is 1. The van der Waals surface area contributed by atoms with Crippen molar-refractivity contribution in [1.82, 2.24) is 29.6 Å². The van der Waals surface area contributed by atoms with Crippen molar-refractivity contribution in [2.24, 2.45) is 0 Å². The van der Waals surface area contributed by atoms with E-state index in [1.54, 1.807) is 6.33 Å². The maximum atomic E-state index is 14.7. The number of hydrogen-bond acceptors (Lipinski definition) is 7. The Morgan fingerprint density at radius 3 is 2.77 bits per heavy atom. The van der Waals surface area contributed by atoms with Gasteiger partial charge in [-0.25, -0.2) is 17.5 Å². The Kier molecular flexibility index (Phi) is 5.09. The van der Waals surface area contributed by atoms with Gasteiger partial charge in [-0.15, -0.1) is 10.2 Å². The summed E-state index contributed by atoms with van der Waals surface area (Å²) in [5.74, 6) is 0.998. The normalized spacial score (nSPS) is 22.0. The zero-order valence-corrected chi connectivity index (χ0v) is 17.8. The number of hydrogen-bond donors (Lipinski definition) is 1. The summed E-state index contributed by atoms with van der Waals surface area (Å²) >= 11 is 0. The first-order valence-electron chi connectivity index (χ1n) is 10.4. The average molecular weight is 447 g/mol. The predicted molar refractivity (Wildman–Crippen MR) is 108 cm³/mol. The lowest BCUT2D eigenvalue weighted by Crippen LogP contribution is -2.39. The van der Waals surface area contributed by atoms with Gasteiger partial charge in [0.2, 0.25) is 21.7 Å². The first-order valence-corrected chi connectivity index (χ1v) is 11.9. The first-order chi connectivity index (χ1) is 14.9. The standard InChI is InChI=1S/C20H23FN6O3S/c1-12-24-22-11-27(12)15-4-2-3-14(9-15)26-31(28,29)16-7-8-17(18(21)10-16)19-23-20(30-25-19)13-5-6-13/h7-8,10-11,13-15,26H,2-6,9H2,1H3. The number of aryl methyl sites for hydroxylation is 1. The minimum Gasteiger partial charge on any atom is -0.339 e. The van der Waals surface area contributed by atoms with Crippen molar-refractivity contribution in [1.29, 1.82) is 0 Å². The van der Waals surface area contributed by atoms with Gasteiger partial charge in [0.1, 0.15) is 18.0 Å². The van der Waals surface area contributed by atoms with E-state index < -0.39 is 15.8 Å². The predicted octanol–water partition coefficient (Wildman–Crippen LogP) is 3.12. The van der Waals surface area contributed by atoms with Gasteiger partial charge in [0.05, 0.1) is 10.5 Å². The smallest absolute Gasteiger partial charge is 0.240 e. The zero-order chi connectivity index (χ0) is 21.6. The summed E-state index contributed by atoms with van der Waals surface area (Å²) in [6.07, 6.45) is 6.84. The van der Waals surface area contributed by atoms with Crippen LogP contribution in [0.5, 0.6) is 0 Å². The molecule has 2 atom stereocenters. The molecule has 0 radical (unpaired) electrons. The molecule has 2 heterocycles. The van der Waals surface area contributed by atoms with Crippen LogP contribution >= 0.6 is 0 Å². The van der Waals surface area contributed by atoms with Crippen molar-refractivity contribution in [2.45, 2.75) is 68.3 Å². The molecule has 0 amide bonds. The lowest BCUT2D eigenvalue weighted by atomic mass is 9.91. The van der Waals surface area contributed by atoms with Crippen molar-refractivity contribution in [3.63, 3.8) is 0 Å². The Balaban J connectivity index is 1.32. The summed E-state index contributed by atoms with van der Waals surface area (Å²) in [6.45, 7) is 1.88. The van der Waals surface area contributed by atoms with E-state index in [4.69, 9.17) is 4.52 Å². The third-order valence-corrected chi connectivity index (χ3v) is 7.49. The molecule has 164 valence electrons. The molecule has 2 fully saturated rings. The fourth-order valence-corrected chi connectivity index (χ4v) is 5.45. The molecular weight excluding hydrogens is 423 g/mol. The lowest BCUT2D eigenvalue weighted by Gasteiger charge is -2.30. The highest BCUT2D eigenvalue weighted by molar-refractivity contribution is 7.89. The molecule has 2 aromatic heterocycles. The molecule has 3 aromatic rings. The van der Waals surface area contributed by atoms with Gasteiger partial charge in [-0.3, -0.25) is 0 Å². The average Bonchev–Trinajstić information content (AvgIpc) is 3.31. The largest absolute Gasteiger partial charge is 0.339 e. The van der Waals surface area contributed by atoms with Gasteiger partial charge in [0.15, 0.2) is 0 Å². The molecule has 11 heteroatoms. The molecule has 0 saturated heterocycles. The quantitative estimate of drug-likeness (QED) is 0.618. The highest BCUT2D eigenvalue weighted by Crippen LogP contribution is 2.39. The third kappa shape index (κ3) is 4.11. The molecule has 1 aromatic carbocycles. The van der Waals surface area contributed by atoms with Crippen LogP contribution in [0.1, 0.15) is 62.2 Å². The second-order valence-electron chi connectivity index (χ2n) is 8.30. The highest BCUT2D eigenvalue weighted by atomic mass is 32.2. The molecule has 31 heavy (non-hydrogen) atoms. The Morgan fingerprint density at radius 2 is 2.06 bits per heavy atom. The lowest BCUT2D eigenvalue weighted by molar-refractivity contribution is 0.302. The maximum absolute atomic E-state index is 14.7. The van der Waals surface area contributed by atoms with Crippen LogP contribution in [-0.2, 0) is 10.0 Å².